The van der Waals surface area contributed by atoms with Crippen LogP contribution in [0.2, 0.25) is 5.02 Å². The number of hydrogen-bond donors (Lipinski definition) is 1. The molecule has 98 valence electrons. The van der Waals surface area contributed by atoms with Crippen LogP contribution in [-0.4, -0.2) is 5.91 Å². The summed E-state index contributed by atoms with van der Waals surface area (Å²) < 4.78 is 1.90. The van der Waals surface area contributed by atoms with E-state index in [1.807, 2.05) is 30.3 Å². The maximum atomic E-state index is 12.1. The monoisotopic (exact) mass is 449 g/mol. The van der Waals surface area contributed by atoms with Gasteiger partial charge in [-0.05, 0) is 58.5 Å². The lowest BCUT2D eigenvalue weighted by Crippen LogP contribution is -2.23. The van der Waals surface area contributed by atoms with Gasteiger partial charge in [-0.1, -0.05) is 39.7 Å². The molecule has 0 aliphatic heterocycles. The third-order valence-corrected chi connectivity index (χ3v) is 4.24. The van der Waals surface area contributed by atoms with Gasteiger partial charge in [0.2, 0.25) is 0 Å². The Hall–Kier alpha value is -0.590. The molecule has 0 saturated carbocycles. The highest BCUT2D eigenvalue weighted by Crippen LogP contribution is 2.18. The Kier molecular flexibility index (Phi) is 5.24. The SMILES string of the molecule is O=C(NCc1ccc(Br)cc1)c1cc(Cl)ccc1I. The minimum absolute atomic E-state index is 0.116. The van der Waals surface area contributed by atoms with Gasteiger partial charge in [0.05, 0.1) is 5.56 Å². The number of hydrogen-bond acceptors (Lipinski definition) is 1. The van der Waals surface area contributed by atoms with Crippen LogP contribution in [0.3, 0.4) is 0 Å². The van der Waals surface area contributed by atoms with Crippen molar-refractivity contribution in [2.75, 3.05) is 0 Å². The fourth-order valence-corrected chi connectivity index (χ4v) is 2.57. The molecule has 1 amide bonds. The molecule has 2 nitrogen and oxygen atoms in total. The second-order valence-corrected chi connectivity index (χ2v) is 6.45. The fraction of sp³-hybridized carbons (Fsp3) is 0.0714. The minimum atomic E-state index is -0.116. The van der Waals surface area contributed by atoms with Gasteiger partial charge in [0.15, 0.2) is 0 Å². The lowest BCUT2D eigenvalue weighted by atomic mass is 10.2. The highest BCUT2D eigenvalue weighted by Gasteiger charge is 2.10. The topological polar surface area (TPSA) is 29.1 Å². The van der Waals surface area contributed by atoms with Gasteiger partial charge in [-0.2, -0.15) is 0 Å². The van der Waals surface area contributed by atoms with Crippen LogP contribution in [0.25, 0.3) is 0 Å². The smallest absolute Gasteiger partial charge is 0.252 e. The standard InChI is InChI=1S/C14H10BrClINO/c15-10-3-1-9(2-4-10)8-18-14(19)12-7-11(16)5-6-13(12)17/h1-7H,8H2,(H,18,19). The van der Waals surface area contributed by atoms with Crippen molar-refractivity contribution in [2.45, 2.75) is 6.54 Å². The number of carbonyl (C=O) groups is 1. The van der Waals surface area contributed by atoms with Gasteiger partial charge in [0.25, 0.3) is 5.91 Å². The van der Waals surface area contributed by atoms with Gasteiger partial charge in [-0.15, -0.1) is 0 Å². The average Bonchev–Trinajstić information content (AvgIpc) is 2.40. The van der Waals surface area contributed by atoms with Crippen molar-refractivity contribution in [1.82, 2.24) is 5.32 Å². The largest absolute Gasteiger partial charge is 0.348 e. The summed E-state index contributed by atoms with van der Waals surface area (Å²) in [7, 11) is 0. The summed E-state index contributed by atoms with van der Waals surface area (Å²) in [6.07, 6.45) is 0. The second kappa shape index (κ2) is 6.72. The Bertz CT molecular complexity index is 601. The van der Waals surface area contributed by atoms with Gasteiger partial charge in [0.1, 0.15) is 0 Å². The van der Waals surface area contributed by atoms with E-state index in [0.717, 1.165) is 13.6 Å². The van der Waals surface area contributed by atoms with E-state index in [1.54, 1.807) is 12.1 Å². The average molecular weight is 451 g/mol. The molecule has 19 heavy (non-hydrogen) atoms. The quantitative estimate of drug-likeness (QED) is 0.679. The van der Waals surface area contributed by atoms with E-state index in [2.05, 4.69) is 43.8 Å². The molecule has 0 heterocycles. The molecule has 0 atom stereocenters. The first kappa shape index (κ1) is 14.8. The highest BCUT2D eigenvalue weighted by molar-refractivity contribution is 14.1. The lowest BCUT2D eigenvalue weighted by Gasteiger charge is -2.07. The van der Waals surface area contributed by atoms with Crippen molar-refractivity contribution in [3.05, 3.63) is 66.7 Å². The van der Waals surface area contributed by atoms with E-state index in [-0.39, 0.29) is 5.91 Å². The van der Waals surface area contributed by atoms with Crippen LogP contribution >= 0.6 is 50.1 Å². The van der Waals surface area contributed by atoms with Crippen LogP contribution in [0.1, 0.15) is 15.9 Å². The zero-order valence-corrected chi connectivity index (χ0v) is 14.3. The van der Waals surface area contributed by atoms with Crippen molar-refractivity contribution in [2.24, 2.45) is 0 Å². The van der Waals surface area contributed by atoms with Gasteiger partial charge in [-0.25, -0.2) is 0 Å². The molecule has 0 bridgehead atoms. The van der Waals surface area contributed by atoms with Crippen LogP contribution in [0.4, 0.5) is 0 Å². The summed E-state index contributed by atoms with van der Waals surface area (Å²) in [6.45, 7) is 0.495. The predicted octanol–water partition coefficient (Wildman–Crippen LogP) is 4.64. The summed E-state index contributed by atoms with van der Waals surface area (Å²) in [6, 6.07) is 13.1. The van der Waals surface area contributed by atoms with E-state index < -0.39 is 0 Å². The second-order valence-electron chi connectivity index (χ2n) is 3.93. The Morgan fingerprint density at radius 2 is 1.89 bits per heavy atom. The molecular weight excluding hydrogens is 440 g/mol. The van der Waals surface area contributed by atoms with Crippen LogP contribution in [-0.2, 0) is 6.54 Å². The van der Waals surface area contributed by atoms with Crippen molar-refractivity contribution < 1.29 is 4.79 Å². The molecule has 2 aromatic carbocycles. The Morgan fingerprint density at radius 3 is 2.58 bits per heavy atom. The molecule has 0 unspecified atom stereocenters. The Labute approximate surface area is 138 Å². The van der Waals surface area contributed by atoms with E-state index >= 15 is 0 Å². The molecule has 0 radical (unpaired) electrons. The van der Waals surface area contributed by atoms with Gasteiger partial charge < -0.3 is 5.32 Å². The van der Waals surface area contributed by atoms with E-state index in [1.165, 1.54) is 0 Å². The molecule has 0 spiro atoms. The minimum Gasteiger partial charge on any atom is -0.348 e. The molecule has 0 fully saturated rings. The molecule has 0 aliphatic carbocycles. The van der Waals surface area contributed by atoms with Crippen molar-refractivity contribution >= 4 is 56.0 Å². The zero-order valence-electron chi connectivity index (χ0n) is 9.79. The number of nitrogens with one attached hydrogen (secondary N) is 1. The van der Waals surface area contributed by atoms with E-state index in [4.69, 9.17) is 11.6 Å². The highest BCUT2D eigenvalue weighted by atomic mass is 127. The van der Waals surface area contributed by atoms with E-state index in [0.29, 0.717) is 17.1 Å². The summed E-state index contributed by atoms with van der Waals surface area (Å²) in [5, 5.41) is 3.45. The van der Waals surface area contributed by atoms with Crippen molar-refractivity contribution in [3.63, 3.8) is 0 Å². The third-order valence-electron chi connectivity index (χ3n) is 2.54. The predicted molar refractivity (Wildman–Crippen MR) is 89.5 cm³/mol. The Morgan fingerprint density at radius 1 is 1.21 bits per heavy atom. The summed E-state index contributed by atoms with van der Waals surface area (Å²) in [5.41, 5.74) is 1.65. The van der Waals surface area contributed by atoms with Gasteiger partial charge in [-0.3, -0.25) is 4.79 Å². The summed E-state index contributed by atoms with van der Waals surface area (Å²) >= 11 is 11.4. The Balaban J connectivity index is 2.05. The number of halogens is 3. The molecule has 2 aromatic rings. The maximum Gasteiger partial charge on any atom is 0.252 e. The zero-order chi connectivity index (χ0) is 13.8. The number of carbonyl (C=O) groups excluding carboxylic acids is 1. The first-order valence-electron chi connectivity index (χ1n) is 5.54. The fourth-order valence-electron chi connectivity index (χ4n) is 1.55. The molecule has 0 aliphatic rings. The van der Waals surface area contributed by atoms with Gasteiger partial charge in [0, 0.05) is 19.6 Å². The molecular formula is C14H10BrClINO. The molecule has 1 N–H and O–H groups in total. The number of amides is 1. The molecule has 2 rings (SSSR count). The number of rotatable bonds is 3. The molecule has 5 heteroatoms. The van der Waals surface area contributed by atoms with Crippen LogP contribution < -0.4 is 5.32 Å². The van der Waals surface area contributed by atoms with Crippen LogP contribution in [0, 0.1) is 3.57 Å². The lowest BCUT2D eigenvalue weighted by molar-refractivity contribution is 0.0950. The summed E-state index contributed by atoms with van der Waals surface area (Å²) in [5.74, 6) is -0.116. The molecule has 0 saturated heterocycles. The normalized spacial score (nSPS) is 10.3. The van der Waals surface area contributed by atoms with Crippen molar-refractivity contribution in [1.29, 1.82) is 0 Å². The van der Waals surface area contributed by atoms with Gasteiger partial charge >= 0.3 is 0 Å². The molecule has 0 aromatic heterocycles. The maximum absolute atomic E-state index is 12.1. The van der Waals surface area contributed by atoms with Crippen molar-refractivity contribution in [3.8, 4) is 0 Å². The first-order valence-corrected chi connectivity index (χ1v) is 7.79. The van der Waals surface area contributed by atoms with Crippen LogP contribution in [0.5, 0.6) is 0 Å². The summed E-state index contributed by atoms with van der Waals surface area (Å²) in [4.78, 5) is 12.1. The number of benzene rings is 2. The first-order chi connectivity index (χ1) is 9.06. The van der Waals surface area contributed by atoms with E-state index in [9.17, 15) is 4.79 Å². The van der Waals surface area contributed by atoms with Crippen LogP contribution in [0.15, 0.2) is 46.9 Å². The third kappa shape index (κ3) is 4.19.